The van der Waals surface area contributed by atoms with Crippen LogP contribution in [0.15, 0.2) is 36.8 Å². The van der Waals surface area contributed by atoms with Gasteiger partial charge < -0.3 is 14.6 Å². The number of aliphatic hydroxyl groups is 1. The van der Waals surface area contributed by atoms with Crippen LogP contribution >= 0.6 is 0 Å². The number of benzene rings is 1. The lowest BCUT2D eigenvalue weighted by molar-refractivity contribution is -0.137. The van der Waals surface area contributed by atoms with Gasteiger partial charge in [0.25, 0.3) is 0 Å². The van der Waals surface area contributed by atoms with Crippen LogP contribution in [0, 0.1) is 11.3 Å². The molecule has 0 spiro atoms. The molecule has 0 amide bonds. The van der Waals surface area contributed by atoms with E-state index in [1.165, 1.54) is 6.07 Å². The molecule has 3 rings (SSSR count). The van der Waals surface area contributed by atoms with E-state index in [0.29, 0.717) is 25.2 Å². The van der Waals surface area contributed by atoms with Crippen LogP contribution in [0.4, 0.5) is 18.9 Å². The Labute approximate surface area is 167 Å². The van der Waals surface area contributed by atoms with Gasteiger partial charge in [-0.25, -0.2) is 4.98 Å². The van der Waals surface area contributed by atoms with Crippen LogP contribution in [0.2, 0.25) is 0 Å². The molecule has 0 saturated heterocycles. The number of aliphatic hydroxyl groups excluding tert-OH is 1. The van der Waals surface area contributed by atoms with Gasteiger partial charge in [0.15, 0.2) is 0 Å². The molecule has 29 heavy (non-hydrogen) atoms. The number of allylic oxidation sites excluding steroid dienone is 1. The molecule has 0 radical (unpaired) electrons. The number of alkyl halides is 3. The fourth-order valence-corrected chi connectivity index (χ4v) is 3.82. The molecule has 154 valence electrons. The van der Waals surface area contributed by atoms with E-state index in [1.807, 2.05) is 22.6 Å². The SMILES string of the molecule is CCN(c1ccc(C#N)c(C(F)(F)F)c1)C1CCC=C(c2cn(CCO)cn2)C1. The molecule has 8 heteroatoms. The first kappa shape index (κ1) is 20.9. The molecule has 1 aromatic carbocycles. The van der Waals surface area contributed by atoms with Crippen LogP contribution in [0.5, 0.6) is 0 Å². The summed E-state index contributed by atoms with van der Waals surface area (Å²) in [4.78, 5) is 6.37. The Morgan fingerprint density at radius 2 is 2.17 bits per heavy atom. The van der Waals surface area contributed by atoms with Crippen molar-refractivity contribution in [3.63, 3.8) is 0 Å². The van der Waals surface area contributed by atoms with Crippen LogP contribution in [0.3, 0.4) is 0 Å². The summed E-state index contributed by atoms with van der Waals surface area (Å²) in [5, 5.41) is 18.1. The third-order valence-electron chi connectivity index (χ3n) is 5.21. The third kappa shape index (κ3) is 4.62. The maximum atomic E-state index is 13.4. The van der Waals surface area contributed by atoms with Gasteiger partial charge in [0.1, 0.15) is 0 Å². The van der Waals surface area contributed by atoms with E-state index in [0.717, 1.165) is 30.2 Å². The van der Waals surface area contributed by atoms with Crippen LogP contribution in [0.25, 0.3) is 5.57 Å². The van der Waals surface area contributed by atoms with Crippen molar-refractivity contribution in [1.82, 2.24) is 9.55 Å². The Morgan fingerprint density at radius 3 is 2.83 bits per heavy atom. The average molecular weight is 404 g/mol. The van der Waals surface area contributed by atoms with Gasteiger partial charge in [-0.15, -0.1) is 0 Å². The molecule has 2 aromatic rings. The lowest BCUT2D eigenvalue weighted by atomic mass is 9.91. The second-order valence-electron chi connectivity index (χ2n) is 7.01. The first-order valence-corrected chi connectivity index (χ1v) is 9.57. The minimum absolute atomic E-state index is 0.0291. The summed E-state index contributed by atoms with van der Waals surface area (Å²) >= 11 is 0. The van der Waals surface area contributed by atoms with E-state index in [9.17, 15) is 13.2 Å². The number of nitriles is 1. The van der Waals surface area contributed by atoms with Gasteiger partial charge in [0.2, 0.25) is 0 Å². The van der Waals surface area contributed by atoms with Gasteiger partial charge in [-0.1, -0.05) is 6.08 Å². The number of hydrogen-bond acceptors (Lipinski definition) is 4. The number of imidazole rings is 1. The van der Waals surface area contributed by atoms with Crippen molar-refractivity contribution in [2.45, 2.75) is 44.9 Å². The quantitative estimate of drug-likeness (QED) is 0.783. The second kappa shape index (κ2) is 8.70. The minimum atomic E-state index is -4.57. The van der Waals surface area contributed by atoms with Gasteiger partial charge in [0.05, 0.1) is 35.8 Å². The molecular formula is C21H23F3N4O. The van der Waals surface area contributed by atoms with Gasteiger partial charge in [-0.05, 0) is 50.0 Å². The summed E-state index contributed by atoms with van der Waals surface area (Å²) < 4.78 is 41.9. The van der Waals surface area contributed by atoms with E-state index in [2.05, 4.69) is 11.1 Å². The predicted molar refractivity (Wildman–Crippen MR) is 104 cm³/mol. The van der Waals surface area contributed by atoms with Crippen molar-refractivity contribution < 1.29 is 18.3 Å². The molecule has 0 saturated carbocycles. The molecule has 1 N–H and O–H groups in total. The number of halogens is 3. The molecule has 1 atom stereocenters. The first-order valence-electron chi connectivity index (χ1n) is 9.57. The zero-order valence-corrected chi connectivity index (χ0v) is 16.2. The Kier molecular flexibility index (Phi) is 6.28. The van der Waals surface area contributed by atoms with Crippen molar-refractivity contribution in [1.29, 1.82) is 5.26 Å². The van der Waals surface area contributed by atoms with Crippen LogP contribution in [0.1, 0.15) is 43.0 Å². The van der Waals surface area contributed by atoms with Gasteiger partial charge >= 0.3 is 6.18 Å². The number of nitrogens with zero attached hydrogens (tertiary/aromatic N) is 4. The zero-order valence-electron chi connectivity index (χ0n) is 16.2. The minimum Gasteiger partial charge on any atom is -0.395 e. The highest BCUT2D eigenvalue weighted by Gasteiger charge is 2.35. The largest absolute Gasteiger partial charge is 0.417 e. The summed E-state index contributed by atoms with van der Waals surface area (Å²) in [5.74, 6) is 0. The highest BCUT2D eigenvalue weighted by atomic mass is 19.4. The van der Waals surface area contributed by atoms with E-state index in [1.54, 1.807) is 18.5 Å². The second-order valence-corrected chi connectivity index (χ2v) is 7.01. The van der Waals surface area contributed by atoms with Gasteiger partial charge in [0, 0.05) is 31.0 Å². The molecular weight excluding hydrogens is 381 g/mol. The van der Waals surface area contributed by atoms with Crippen molar-refractivity contribution in [2.75, 3.05) is 18.1 Å². The van der Waals surface area contributed by atoms with Crippen LogP contribution in [-0.4, -0.2) is 33.9 Å². The zero-order chi connectivity index (χ0) is 21.0. The first-order chi connectivity index (χ1) is 13.9. The van der Waals surface area contributed by atoms with E-state index in [-0.39, 0.29) is 18.2 Å². The summed E-state index contributed by atoms with van der Waals surface area (Å²) in [7, 11) is 0. The summed E-state index contributed by atoms with van der Waals surface area (Å²) in [5.41, 5.74) is 1.09. The van der Waals surface area contributed by atoms with E-state index < -0.39 is 11.7 Å². The van der Waals surface area contributed by atoms with Crippen LogP contribution in [-0.2, 0) is 12.7 Å². The van der Waals surface area contributed by atoms with Gasteiger partial charge in [-0.2, -0.15) is 18.4 Å². The standard InChI is InChI=1S/C21H23F3N4O/c1-2-28(18-7-6-16(12-25)19(11-18)21(22,23)24)17-5-3-4-15(10-17)20-13-27(8-9-29)14-26-20/h4,6-7,11,13-14,17,29H,2-3,5,8-10H2,1H3. The lowest BCUT2D eigenvalue weighted by Crippen LogP contribution is -2.36. The Bertz CT molecular complexity index is 927. The average Bonchev–Trinajstić information content (AvgIpc) is 3.17. The van der Waals surface area contributed by atoms with Crippen LogP contribution < -0.4 is 4.90 Å². The number of hydrogen-bond donors (Lipinski definition) is 1. The fourth-order valence-electron chi connectivity index (χ4n) is 3.82. The number of aromatic nitrogens is 2. The predicted octanol–water partition coefficient (Wildman–Crippen LogP) is 4.23. The monoisotopic (exact) mass is 404 g/mol. The molecule has 0 aliphatic heterocycles. The van der Waals surface area contributed by atoms with E-state index >= 15 is 0 Å². The summed E-state index contributed by atoms with van der Waals surface area (Å²) in [6.45, 7) is 2.97. The van der Waals surface area contributed by atoms with E-state index in [4.69, 9.17) is 10.4 Å². The molecule has 1 aromatic heterocycles. The maximum absolute atomic E-state index is 13.4. The Morgan fingerprint density at radius 1 is 1.38 bits per heavy atom. The molecule has 0 bridgehead atoms. The molecule has 1 aliphatic rings. The topological polar surface area (TPSA) is 65.1 Å². The molecule has 0 fully saturated rings. The van der Waals surface area contributed by atoms with Crippen molar-refractivity contribution in [3.05, 3.63) is 53.6 Å². The molecule has 5 nitrogen and oxygen atoms in total. The Hall–Kier alpha value is -2.79. The third-order valence-corrected chi connectivity index (χ3v) is 5.21. The highest BCUT2D eigenvalue weighted by molar-refractivity contribution is 5.65. The Balaban J connectivity index is 1.85. The van der Waals surface area contributed by atoms with Crippen molar-refractivity contribution in [2.24, 2.45) is 0 Å². The smallest absolute Gasteiger partial charge is 0.395 e. The molecule has 1 heterocycles. The maximum Gasteiger partial charge on any atom is 0.417 e. The lowest BCUT2D eigenvalue weighted by Gasteiger charge is -2.35. The van der Waals surface area contributed by atoms with Crippen molar-refractivity contribution in [3.8, 4) is 6.07 Å². The number of anilines is 1. The normalized spacial score (nSPS) is 17.0. The summed E-state index contributed by atoms with van der Waals surface area (Å²) in [6.07, 6.45) is 3.41. The number of rotatable bonds is 6. The molecule has 1 unspecified atom stereocenters. The summed E-state index contributed by atoms with van der Waals surface area (Å²) in [6, 6.07) is 5.58. The van der Waals surface area contributed by atoms with Gasteiger partial charge in [-0.3, -0.25) is 0 Å². The fraction of sp³-hybridized carbons (Fsp3) is 0.429. The highest BCUT2D eigenvalue weighted by Crippen LogP contribution is 2.37. The molecule has 1 aliphatic carbocycles. The van der Waals surface area contributed by atoms with Crippen molar-refractivity contribution >= 4 is 11.3 Å².